The summed E-state index contributed by atoms with van der Waals surface area (Å²) in [5, 5.41) is 28.8. The third-order valence-corrected chi connectivity index (χ3v) is 9.14. The van der Waals surface area contributed by atoms with Crippen LogP contribution in [0.1, 0.15) is 30.9 Å². The number of carbonyl (C=O) groups is 5. The van der Waals surface area contributed by atoms with Crippen molar-refractivity contribution in [3.63, 3.8) is 0 Å². The van der Waals surface area contributed by atoms with Gasteiger partial charge in [-0.15, -0.1) is 0 Å². The number of amides is 5. The monoisotopic (exact) mass is 771 g/mol. The Morgan fingerprint density at radius 2 is 1.43 bits per heavy atom. The summed E-state index contributed by atoms with van der Waals surface area (Å²) in [5.41, 5.74) is 13.9. The van der Waals surface area contributed by atoms with E-state index in [4.69, 9.17) is 28.3 Å². The summed E-state index contributed by atoms with van der Waals surface area (Å²) in [6.07, 6.45) is 1.14. The summed E-state index contributed by atoms with van der Waals surface area (Å²) in [5.74, 6) is -4.76. The van der Waals surface area contributed by atoms with Gasteiger partial charge in [0.2, 0.25) is 45.5 Å². The zero-order valence-corrected chi connectivity index (χ0v) is 30.1. The second-order valence-electron chi connectivity index (χ2n) is 11.0. The summed E-state index contributed by atoms with van der Waals surface area (Å²) >= 11 is 7.20. The van der Waals surface area contributed by atoms with Crippen molar-refractivity contribution in [2.24, 2.45) is 16.5 Å². The lowest BCUT2D eigenvalue weighted by Gasteiger charge is -2.25. The molecule has 2 rings (SSSR count). The van der Waals surface area contributed by atoms with Gasteiger partial charge in [-0.05, 0) is 60.7 Å². The fraction of sp³-hybridized carbons (Fsp3) is 0.400. The highest BCUT2D eigenvalue weighted by Gasteiger charge is 2.32. The highest BCUT2D eigenvalue weighted by molar-refractivity contribution is 7.98. The van der Waals surface area contributed by atoms with Crippen LogP contribution in [-0.2, 0) is 46.3 Å². The Balaban J connectivity index is 2.06. The van der Waals surface area contributed by atoms with Crippen LogP contribution in [0.4, 0.5) is 5.69 Å². The molecule has 2 unspecified atom stereocenters. The molecule has 0 bridgehead atoms. The van der Waals surface area contributed by atoms with Gasteiger partial charge in [-0.1, -0.05) is 35.9 Å². The number of hydrogen-bond donors (Lipinski definition) is 10. The van der Waals surface area contributed by atoms with Crippen molar-refractivity contribution >= 4 is 74.6 Å². The number of nitrogens with zero attached hydrogens (tertiary/aromatic N) is 1. The summed E-state index contributed by atoms with van der Waals surface area (Å²) in [4.78, 5) is 68.0. The number of primary amides is 1. The van der Waals surface area contributed by atoms with E-state index in [0.717, 1.165) is 0 Å². The lowest BCUT2D eigenvalue weighted by Crippen LogP contribution is -2.59. The van der Waals surface area contributed by atoms with Gasteiger partial charge in [0.05, 0.1) is 24.5 Å². The number of rotatable bonds is 20. The number of carbonyl (C=O) groups excluding carboxylic acids is 5. The van der Waals surface area contributed by atoms with Crippen molar-refractivity contribution in [3.05, 3.63) is 64.7 Å². The van der Waals surface area contributed by atoms with Crippen LogP contribution in [0.2, 0.25) is 5.02 Å². The fourth-order valence-electron chi connectivity index (χ4n) is 4.27. The number of nitrogens with one attached hydrogen (secondary N) is 6. The van der Waals surface area contributed by atoms with E-state index in [0.29, 0.717) is 27.6 Å². The largest absolute Gasteiger partial charge is 0.394 e. The number of nitrogens with two attached hydrogens (primary N) is 2. The number of halogens is 1. The van der Waals surface area contributed by atoms with E-state index in [1.807, 2.05) is 0 Å². The Morgan fingerprint density at radius 3 is 2.00 bits per heavy atom. The standard InChI is InChI=1S/C30H42ClN9O9S2/c1-17(26(43)34-14-18-5-9-21(10-6-18)36-30(33)39-47)35-27(44)22(11-12-50-2)37-28(45)23(13-25(32)42)38-29(46)24(15-41)40-51(48,49)16-19-3-7-20(31)8-4-19/h3-10,17,22-24,40-41,47H,11-16H2,1-2H3,(H2,32,42)(H,34,43)(H,35,44)(H,37,45)(H,38,46)(H3,33,36,39)/t17?,22-,23?,24-/m0/s1. The van der Waals surface area contributed by atoms with Gasteiger partial charge >= 0.3 is 0 Å². The van der Waals surface area contributed by atoms with Crippen LogP contribution in [0.5, 0.6) is 0 Å². The summed E-state index contributed by atoms with van der Waals surface area (Å²) in [7, 11) is -4.18. The Bertz CT molecular complexity index is 1650. The molecule has 0 radical (unpaired) electrons. The Labute approximate surface area is 303 Å². The van der Waals surface area contributed by atoms with E-state index >= 15 is 0 Å². The molecular formula is C30H42ClN9O9S2. The number of sulfonamides is 1. The van der Waals surface area contributed by atoms with Crippen LogP contribution in [0.3, 0.4) is 0 Å². The summed E-state index contributed by atoms with van der Waals surface area (Å²) in [6.45, 7) is 0.541. The molecular weight excluding hydrogens is 730 g/mol. The molecule has 0 aliphatic carbocycles. The van der Waals surface area contributed by atoms with Crippen LogP contribution in [0, 0.1) is 0 Å². The van der Waals surface area contributed by atoms with Gasteiger partial charge in [-0.25, -0.2) is 23.6 Å². The van der Waals surface area contributed by atoms with E-state index in [9.17, 15) is 37.5 Å². The molecule has 0 fully saturated rings. The lowest BCUT2D eigenvalue weighted by molar-refractivity contribution is -0.135. The molecule has 5 amide bonds. The molecule has 21 heteroatoms. The number of aliphatic hydroxyl groups is 1. The van der Waals surface area contributed by atoms with E-state index in [1.165, 1.54) is 43.0 Å². The van der Waals surface area contributed by atoms with Crippen LogP contribution in [0.15, 0.2) is 53.5 Å². The van der Waals surface area contributed by atoms with E-state index in [-0.39, 0.29) is 18.9 Å². The van der Waals surface area contributed by atoms with Gasteiger partial charge < -0.3 is 37.8 Å². The maximum atomic E-state index is 13.3. The van der Waals surface area contributed by atoms with E-state index in [1.54, 1.807) is 36.0 Å². The molecule has 0 aliphatic rings. The predicted octanol–water partition coefficient (Wildman–Crippen LogP) is -1.54. The Morgan fingerprint density at radius 1 is 0.863 bits per heavy atom. The second kappa shape index (κ2) is 21.0. The zero-order chi connectivity index (χ0) is 38.1. The molecule has 0 aromatic heterocycles. The van der Waals surface area contributed by atoms with Gasteiger partial charge in [0, 0.05) is 11.6 Å². The first-order valence-electron chi connectivity index (χ1n) is 15.2. The van der Waals surface area contributed by atoms with Gasteiger partial charge in [0.15, 0.2) is 0 Å². The zero-order valence-electron chi connectivity index (χ0n) is 27.7. The third-order valence-electron chi connectivity index (χ3n) is 6.89. The number of thioether (sulfide) groups is 1. The third kappa shape index (κ3) is 15.5. The van der Waals surface area contributed by atoms with Crippen molar-refractivity contribution < 1.29 is 42.7 Å². The number of hydroxylamine groups is 1. The highest BCUT2D eigenvalue weighted by Crippen LogP contribution is 2.14. The SMILES string of the molecule is CSCC[C@H](NC(=O)C(CC(N)=O)NC(=O)[C@H](CO)NS(=O)(=O)Cc1ccc(Cl)cc1)C(=O)NC(C)C(=O)NCc1ccc(N=C(N)NO)cc1. The predicted molar refractivity (Wildman–Crippen MR) is 191 cm³/mol. The first kappa shape index (κ1) is 42.7. The van der Waals surface area contributed by atoms with Crippen LogP contribution in [0.25, 0.3) is 0 Å². The summed E-state index contributed by atoms with van der Waals surface area (Å²) in [6, 6.07) is 6.79. The number of guanidine groups is 1. The number of benzene rings is 2. The quantitative estimate of drug-likeness (QED) is 0.0417. The summed E-state index contributed by atoms with van der Waals surface area (Å²) < 4.78 is 27.5. The van der Waals surface area contributed by atoms with Gasteiger partial charge in [-0.3, -0.25) is 29.2 Å². The van der Waals surface area contributed by atoms with Crippen molar-refractivity contribution in [3.8, 4) is 0 Å². The molecule has 0 spiro atoms. The Kier molecular flexibility index (Phi) is 17.6. The van der Waals surface area contributed by atoms with Crippen LogP contribution >= 0.6 is 23.4 Å². The van der Waals surface area contributed by atoms with E-state index < -0.39 is 82.5 Å². The normalized spacial score (nSPS) is 13.9. The number of aliphatic hydroxyl groups excluding tert-OH is 1. The molecule has 18 nitrogen and oxygen atoms in total. The van der Waals surface area contributed by atoms with Crippen molar-refractivity contribution in [1.82, 2.24) is 31.5 Å². The maximum Gasteiger partial charge on any atom is 0.243 e. The molecule has 0 aliphatic heterocycles. The molecule has 280 valence electrons. The lowest BCUT2D eigenvalue weighted by atomic mass is 10.1. The molecule has 12 N–H and O–H groups in total. The average molecular weight is 772 g/mol. The van der Waals surface area contributed by atoms with Gasteiger partial charge in [-0.2, -0.15) is 11.8 Å². The minimum Gasteiger partial charge on any atom is -0.394 e. The Hall–Kier alpha value is -4.47. The molecule has 51 heavy (non-hydrogen) atoms. The molecule has 0 saturated carbocycles. The minimum atomic E-state index is -4.18. The van der Waals surface area contributed by atoms with Crippen LogP contribution < -0.4 is 42.9 Å². The maximum absolute atomic E-state index is 13.3. The average Bonchev–Trinajstić information content (AvgIpc) is 3.08. The second-order valence-corrected chi connectivity index (χ2v) is 14.2. The van der Waals surface area contributed by atoms with Crippen molar-refractivity contribution in [2.45, 2.75) is 56.2 Å². The first-order chi connectivity index (χ1) is 24.1. The van der Waals surface area contributed by atoms with Gasteiger partial charge in [0.1, 0.15) is 24.2 Å². The van der Waals surface area contributed by atoms with E-state index in [2.05, 4.69) is 31.0 Å². The molecule has 4 atom stereocenters. The minimum absolute atomic E-state index is 0.0965. The fourth-order valence-corrected chi connectivity index (χ4v) is 6.19. The first-order valence-corrected chi connectivity index (χ1v) is 18.6. The van der Waals surface area contributed by atoms with Crippen molar-refractivity contribution in [2.75, 3.05) is 18.6 Å². The molecule has 2 aromatic rings. The van der Waals surface area contributed by atoms with Crippen LogP contribution in [-0.4, -0.2) is 97.0 Å². The number of hydrogen-bond acceptors (Lipinski definition) is 11. The topological polar surface area (TPSA) is 297 Å². The molecule has 0 saturated heterocycles. The smallest absolute Gasteiger partial charge is 0.243 e. The van der Waals surface area contributed by atoms with Crippen molar-refractivity contribution in [1.29, 1.82) is 0 Å². The molecule has 2 aromatic carbocycles. The number of aliphatic imine (C=N–C) groups is 1. The molecule has 0 heterocycles. The highest BCUT2D eigenvalue weighted by atomic mass is 35.5. The van der Waals surface area contributed by atoms with Gasteiger partial charge in [0.25, 0.3) is 0 Å².